The Balaban J connectivity index is 2.22. The molecule has 1 atom stereocenters. The molecule has 0 aliphatic carbocycles. The first kappa shape index (κ1) is 22.5. The van der Waals surface area contributed by atoms with Crippen LogP contribution in [0.25, 0.3) is 0 Å². The molecule has 5 heteroatoms. The molecule has 1 unspecified atom stereocenters. The van der Waals surface area contributed by atoms with Crippen LogP contribution in [0, 0.1) is 27.7 Å². The third kappa shape index (κ3) is 5.83. The number of aryl methyl sites for hydroxylation is 3. The first-order chi connectivity index (χ1) is 13.7. The summed E-state index contributed by atoms with van der Waals surface area (Å²) in [6.45, 7) is 12.4. The molecule has 1 N–H and O–H groups in total. The van der Waals surface area contributed by atoms with E-state index < -0.39 is 6.04 Å². The van der Waals surface area contributed by atoms with Crippen LogP contribution in [0.15, 0.2) is 36.4 Å². The molecular weight excluding hydrogens is 364 g/mol. The molecule has 0 saturated carbocycles. The van der Waals surface area contributed by atoms with Crippen LogP contribution < -0.4 is 10.1 Å². The van der Waals surface area contributed by atoms with E-state index in [9.17, 15) is 9.59 Å². The zero-order chi connectivity index (χ0) is 21.6. The average Bonchev–Trinajstić information content (AvgIpc) is 2.68. The van der Waals surface area contributed by atoms with Gasteiger partial charge >= 0.3 is 0 Å². The molecule has 0 spiro atoms. The first-order valence-corrected chi connectivity index (χ1v) is 10.1. The Morgan fingerprint density at radius 1 is 1.07 bits per heavy atom. The molecule has 2 aromatic carbocycles. The lowest BCUT2D eigenvalue weighted by atomic mass is 10.1. The molecule has 2 aromatic rings. The summed E-state index contributed by atoms with van der Waals surface area (Å²) >= 11 is 0. The number of hydrogen-bond donors (Lipinski definition) is 1. The monoisotopic (exact) mass is 396 g/mol. The molecule has 29 heavy (non-hydrogen) atoms. The van der Waals surface area contributed by atoms with Crippen LogP contribution in [0.4, 0.5) is 0 Å². The smallest absolute Gasteiger partial charge is 0.261 e. The summed E-state index contributed by atoms with van der Waals surface area (Å²) in [7, 11) is 0. The van der Waals surface area contributed by atoms with E-state index in [1.54, 1.807) is 11.8 Å². The Kier molecular flexibility index (Phi) is 7.82. The molecule has 0 aliphatic heterocycles. The van der Waals surface area contributed by atoms with Gasteiger partial charge in [-0.15, -0.1) is 0 Å². The Labute approximate surface area is 174 Å². The molecule has 0 heterocycles. The molecule has 0 aliphatic rings. The third-order valence-corrected chi connectivity index (χ3v) is 5.24. The Hall–Kier alpha value is -2.82. The summed E-state index contributed by atoms with van der Waals surface area (Å²) in [6.07, 6.45) is 0. The summed E-state index contributed by atoms with van der Waals surface area (Å²) in [5, 5.41) is 2.81. The molecule has 5 nitrogen and oxygen atoms in total. The maximum atomic E-state index is 13.1. The molecule has 0 saturated heterocycles. The molecule has 0 fully saturated rings. The maximum absolute atomic E-state index is 13.1. The number of carbonyl (C=O) groups excluding carboxylic acids is 2. The van der Waals surface area contributed by atoms with Gasteiger partial charge in [-0.25, -0.2) is 0 Å². The number of ether oxygens (including phenoxy) is 1. The predicted octanol–water partition coefficient (Wildman–Crippen LogP) is 3.85. The van der Waals surface area contributed by atoms with Crippen molar-refractivity contribution in [2.45, 2.75) is 54.1 Å². The molecule has 2 rings (SSSR count). The maximum Gasteiger partial charge on any atom is 0.261 e. The number of carbonyl (C=O) groups is 2. The van der Waals surface area contributed by atoms with E-state index in [2.05, 4.69) is 11.4 Å². The van der Waals surface area contributed by atoms with E-state index in [4.69, 9.17) is 4.74 Å². The normalized spacial score (nSPS) is 11.7. The van der Waals surface area contributed by atoms with Gasteiger partial charge in [0.05, 0.1) is 0 Å². The van der Waals surface area contributed by atoms with Crippen LogP contribution in [0.3, 0.4) is 0 Å². The molecule has 0 radical (unpaired) electrons. The van der Waals surface area contributed by atoms with Gasteiger partial charge < -0.3 is 15.0 Å². The van der Waals surface area contributed by atoms with Crippen molar-refractivity contribution in [3.8, 4) is 5.75 Å². The largest absolute Gasteiger partial charge is 0.483 e. The van der Waals surface area contributed by atoms with Crippen LogP contribution >= 0.6 is 0 Å². The number of rotatable bonds is 8. The fraction of sp³-hybridized carbons (Fsp3) is 0.417. The topological polar surface area (TPSA) is 58.6 Å². The number of hydrogen-bond acceptors (Lipinski definition) is 3. The van der Waals surface area contributed by atoms with Crippen molar-refractivity contribution in [3.63, 3.8) is 0 Å². The second-order valence-electron chi connectivity index (χ2n) is 7.51. The summed E-state index contributed by atoms with van der Waals surface area (Å²) in [5.74, 6) is 0.319. The summed E-state index contributed by atoms with van der Waals surface area (Å²) in [6, 6.07) is 11.3. The van der Waals surface area contributed by atoms with E-state index in [1.807, 2.05) is 65.0 Å². The molecule has 156 valence electrons. The number of benzene rings is 2. The van der Waals surface area contributed by atoms with Gasteiger partial charge in [-0.1, -0.05) is 30.3 Å². The highest BCUT2D eigenvalue weighted by atomic mass is 16.5. The summed E-state index contributed by atoms with van der Waals surface area (Å²) in [5.41, 5.74) is 5.33. The number of amides is 2. The van der Waals surface area contributed by atoms with E-state index >= 15 is 0 Å². The first-order valence-electron chi connectivity index (χ1n) is 10.1. The van der Waals surface area contributed by atoms with Crippen molar-refractivity contribution in [2.75, 3.05) is 13.2 Å². The van der Waals surface area contributed by atoms with E-state index in [1.165, 1.54) is 0 Å². The van der Waals surface area contributed by atoms with Gasteiger partial charge in [0.2, 0.25) is 5.91 Å². The molecule has 0 aromatic heterocycles. The van der Waals surface area contributed by atoms with Crippen molar-refractivity contribution in [1.82, 2.24) is 10.2 Å². The van der Waals surface area contributed by atoms with Crippen molar-refractivity contribution in [3.05, 3.63) is 64.2 Å². The van der Waals surface area contributed by atoms with E-state index in [-0.39, 0.29) is 18.4 Å². The van der Waals surface area contributed by atoms with Gasteiger partial charge in [-0.3, -0.25) is 9.59 Å². The van der Waals surface area contributed by atoms with Gasteiger partial charge in [0.15, 0.2) is 6.61 Å². The van der Waals surface area contributed by atoms with E-state index in [0.29, 0.717) is 18.8 Å². The van der Waals surface area contributed by atoms with Crippen LogP contribution in [-0.4, -0.2) is 35.9 Å². The summed E-state index contributed by atoms with van der Waals surface area (Å²) in [4.78, 5) is 27.1. The second kappa shape index (κ2) is 10.1. The highest BCUT2D eigenvalue weighted by molar-refractivity contribution is 5.88. The lowest BCUT2D eigenvalue weighted by Crippen LogP contribution is -2.49. The highest BCUT2D eigenvalue weighted by Crippen LogP contribution is 2.23. The van der Waals surface area contributed by atoms with Crippen molar-refractivity contribution in [2.24, 2.45) is 0 Å². The highest BCUT2D eigenvalue weighted by Gasteiger charge is 2.26. The van der Waals surface area contributed by atoms with Gasteiger partial charge in [0.25, 0.3) is 5.91 Å². The van der Waals surface area contributed by atoms with Gasteiger partial charge in [0.1, 0.15) is 11.8 Å². The van der Waals surface area contributed by atoms with Crippen molar-refractivity contribution < 1.29 is 14.3 Å². The standard InChI is InChI=1S/C24H32N2O3/c1-7-25-24(28)20(6)26(14-21-11-9-8-10-17(21)3)23(27)15-29-22-13-16(2)12-18(4)19(22)5/h8-13,20H,7,14-15H2,1-6H3,(H,25,28). The van der Waals surface area contributed by atoms with Crippen LogP contribution in [0.5, 0.6) is 5.75 Å². The van der Waals surface area contributed by atoms with Crippen molar-refractivity contribution in [1.29, 1.82) is 0 Å². The molecule has 0 bridgehead atoms. The Morgan fingerprint density at radius 3 is 2.41 bits per heavy atom. The quantitative estimate of drug-likeness (QED) is 0.737. The average molecular weight is 397 g/mol. The van der Waals surface area contributed by atoms with E-state index in [0.717, 1.165) is 27.8 Å². The number of nitrogens with zero attached hydrogens (tertiary/aromatic N) is 1. The number of likely N-dealkylation sites (N-methyl/N-ethyl adjacent to an activating group) is 1. The van der Waals surface area contributed by atoms with Gasteiger partial charge in [-0.05, 0) is 75.4 Å². The Bertz CT molecular complexity index is 876. The fourth-order valence-corrected chi connectivity index (χ4v) is 3.25. The van der Waals surface area contributed by atoms with Gasteiger partial charge in [-0.2, -0.15) is 0 Å². The zero-order valence-corrected chi connectivity index (χ0v) is 18.3. The van der Waals surface area contributed by atoms with Crippen LogP contribution in [0.1, 0.15) is 41.7 Å². The van der Waals surface area contributed by atoms with Gasteiger partial charge in [0, 0.05) is 13.1 Å². The minimum atomic E-state index is -0.592. The molecular formula is C24H32N2O3. The third-order valence-electron chi connectivity index (χ3n) is 5.24. The minimum absolute atomic E-state index is 0.112. The SMILES string of the molecule is CCNC(=O)C(C)N(Cc1ccccc1C)C(=O)COc1cc(C)cc(C)c1C. The lowest BCUT2D eigenvalue weighted by molar-refractivity contribution is -0.142. The van der Waals surface area contributed by atoms with Crippen molar-refractivity contribution >= 4 is 11.8 Å². The summed E-state index contributed by atoms with van der Waals surface area (Å²) < 4.78 is 5.88. The number of nitrogens with one attached hydrogen (secondary N) is 1. The fourth-order valence-electron chi connectivity index (χ4n) is 3.25. The lowest BCUT2D eigenvalue weighted by Gasteiger charge is -2.29. The van der Waals surface area contributed by atoms with Crippen LogP contribution in [-0.2, 0) is 16.1 Å². The minimum Gasteiger partial charge on any atom is -0.483 e. The second-order valence-corrected chi connectivity index (χ2v) is 7.51. The van der Waals surface area contributed by atoms with Crippen LogP contribution in [0.2, 0.25) is 0 Å². The zero-order valence-electron chi connectivity index (χ0n) is 18.3. The predicted molar refractivity (Wildman–Crippen MR) is 116 cm³/mol. The Morgan fingerprint density at radius 2 is 1.76 bits per heavy atom. The molecule has 2 amide bonds.